The van der Waals surface area contributed by atoms with Crippen molar-refractivity contribution < 1.29 is 9.13 Å². The Bertz CT molecular complexity index is 798. The summed E-state index contributed by atoms with van der Waals surface area (Å²) in [4.78, 5) is 8.64. The molecule has 0 bridgehead atoms. The largest absolute Gasteiger partial charge is 0.351 e. The summed E-state index contributed by atoms with van der Waals surface area (Å²) in [5.74, 6) is -0.144. The van der Waals surface area contributed by atoms with Crippen molar-refractivity contribution in [1.82, 2.24) is 29.1 Å². The Morgan fingerprint density at radius 1 is 1.24 bits per heavy atom. The summed E-state index contributed by atoms with van der Waals surface area (Å²) in [6.07, 6.45) is 3.65. The Morgan fingerprint density at radius 3 is 2.86 bits per heavy atom. The number of rotatable bonds is 2. The third-order valence-electron chi connectivity index (χ3n) is 4.21. The number of ether oxygens (including phenoxy) is 1. The molecule has 0 amide bonds. The molecule has 0 unspecified atom stereocenters. The first-order valence-corrected chi connectivity index (χ1v) is 7.01. The highest BCUT2D eigenvalue weighted by Crippen LogP contribution is 2.38. The number of fused-ring (bicyclic) bond motifs is 3. The number of halogens is 1. The van der Waals surface area contributed by atoms with E-state index in [1.807, 2.05) is 13.8 Å². The Labute approximate surface area is 119 Å². The Hall–Kier alpha value is -2.09. The number of hydrogen-bond donors (Lipinski definition) is 0. The lowest BCUT2D eigenvalue weighted by Gasteiger charge is -2.15. The molecule has 4 atom stereocenters. The fourth-order valence-corrected chi connectivity index (χ4v) is 2.97. The molecule has 1 saturated heterocycles. The van der Waals surface area contributed by atoms with Crippen LogP contribution in [0.2, 0.25) is 0 Å². The van der Waals surface area contributed by atoms with E-state index < -0.39 is 12.4 Å². The van der Waals surface area contributed by atoms with Crippen LogP contribution in [0.15, 0.2) is 19.0 Å². The normalized spacial score (nSPS) is 29.7. The van der Waals surface area contributed by atoms with Gasteiger partial charge in [-0.1, -0.05) is 13.8 Å². The molecule has 8 heteroatoms. The molecule has 3 aromatic rings. The van der Waals surface area contributed by atoms with Gasteiger partial charge in [0.1, 0.15) is 12.7 Å². The summed E-state index contributed by atoms with van der Waals surface area (Å²) in [5.41, 5.74) is 1.76. The van der Waals surface area contributed by atoms with Gasteiger partial charge in [0, 0.05) is 5.92 Å². The minimum atomic E-state index is -1.08. The first-order chi connectivity index (χ1) is 10.2. The Morgan fingerprint density at radius 2 is 2.10 bits per heavy atom. The fourth-order valence-electron chi connectivity index (χ4n) is 2.97. The lowest BCUT2D eigenvalue weighted by atomic mass is 10.00. The summed E-state index contributed by atoms with van der Waals surface area (Å²) < 4.78 is 23.7. The second kappa shape index (κ2) is 4.45. The van der Waals surface area contributed by atoms with Crippen LogP contribution < -0.4 is 0 Å². The molecule has 110 valence electrons. The molecule has 7 nitrogen and oxygen atoms in total. The molecule has 0 aliphatic carbocycles. The molecule has 4 rings (SSSR count). The van der Waals surface area contributed by atoms with Crippen molar-refractivity contribution in [3.05, 3.63) is 19.0 Å². The van der Waals surface area contributed by atoms with Gasteiger partial charge in [-0.15, -0.1) is 10.2 Å². The van der Waals surface area contributed by atoms with Gasteiger partial charge in [-0.05, 0) is 6.42 Å². The molecule has 0 saturated carbocycles. The average molecular weight is 290 g/mol. The minimum absolute atomic E-state index is 0.0840. The van der Waals surface area contributed by atoms with Crippen LogP contribution in [-0.2, 0) is 4.74 Å². The van der Waals surface area contributed by atoms with E-state index in [0.29, 0.717) is 16.8 Å². The first-order valence-electron chi connectivity index (χ1n) is 7.01. The molecule has 0 N–H and O–H groups in total. The van der Waals surface area contributed by atoms with Crippen LogP contribution >= 0.6 is 0 Å². The molecular formula is C13H15FN6O. The van der Waals surface area contributed by atoms with Crippen LogP contribution in [-0.4, -0.2) is 41.4 Å². The molecule has 0 radical (unpaired) electrons. The maximum atomic E-state index is 14.5. The van der Waals surface area contributed by atoms with E-state index in [9.17, 15) is 4.39 Å². The van der Waals surface area contributed by atoms with Gasteiger partial charge in [0.2, 0.25) is 0 Å². The highest BCUT2D eigenvalue weighted by atomic mass is 19.1. The van der Waals surface area contributed by atoms with E-state index in [1.54, 1.807) is 27.9 Å². The number of nitrogens with zero attached hydrogens (tertiary/aromatic N) is 6. The minimum Gasteiger partial charge on any atom is -0.351 e. The van der Waals surface area contributed by atoms with Gasteiger partial charge in [0.15, 0.2) is 29.2 Å². The molecule has 1 aliphatic rings. The Balaban J connectivity index is 1.84. The summed E-state index contributed by atoms with van der Waals surface area (Å²) >= 11 is 0. The fraction of sp³-hybridized carbons (Fsp3) is 0.538. The van der Waals surface area contributed by atoms with Crippen LogP contribution in [0.25, 0.3) is 16.8 Å². The second-order valence-corrected chi connectivity index (χ2v) is 5.41. The molecular weight excluding hydrogens is 275 g/mol. The average Bonchev–Trinajstić information content (AvgIpc) is 3.17. The van der Waals surface area contributed by atoms with E-state index >= 15 is 0 Å². The van der Waals surface area contributed by atoms with Crippen molar-refractivity contribution >= 4 is 16.8 Å². The van der Waals surface area contributed by atoms with Gasteiger partial charge in [-0.2, -0.15) is 0 Å². The topological polar surface area (TPSA) is 70.1 Å². The van der Waals surface area contributed by atoms with E-state index in [0.717, 1.165) is 6.42 Å². The van der Waals surface area contributed by atoms with Crippen molar-refractivity contribution in [2.45, 2.75) is 38.8 Å². The van der Waals surface area contributed by atoms with Crippen LogP contribution in [0.4, 0.5) is 4.39 Å². The summed E-state index contributed by atoms with van der Waals surface area (Å²) in [7, 11) is 0. The number of aromatic nitrogens is 6. The third-order valence-corrected chi connectivity index (χ3v) is 4.21. The molecule has 4 heterocycles. The first kappa shape index (κ1) is 12.6. The van der Waals surface area contributed by atoms with Gasteiger partial charge < -0.3 is 4.74 Å². The van der Waals surface area contributed by atoms with Crippen LogP contribution in [0.1, 0.15) is 26.5 Å². The SMILES string of the molecule is CC[C@H]1O[C@@H](n2cnc3c2ncn2cnnc32)[C@H](F)[C@@H]1C. The lowest BCUT2D eigenvalue weighted by Crippen LogP contribution is -2.19. The highest BCUT2D eigenvalue weighted by Gasteiger charge is 2.43. The quantitative estimate of drug-likeness (QED) is 0.719. The second-order valence-electron chi connectivity index (χ2n) is 5.41. The summed E-state index contributed by atoms with van der Waals surface area (Å²) in [6.45, 7) is 3.88. The molecule has 21 heavy (non-hydrogen) atoms. The van der Waals surface area contributed by atoms with Gasteiger partial charge in [-0.3, -0.25) is 8.97 Å². The van der Waals surface area contributed by atoms with E-state index in [2.05, 4.69) is 20.2 Å². The van der Waals surface area contributed by atoms with E-state index in [-0.39, 0.29) is 12.0 Å². The molecule has 3 aromatic heterocycles. The van der Waals surface area contributed by atoms with Gasteiger partial charge in [0.05, 0.1) is 12.4 Å². The number of hydrogen-bond acceptors (Lipinski definition) is 5. The van der Waals surface area contributed by atoms with Crippen LogP contribution in [0.5, 0.6) is 0 Å². The maximum Gasteiger partial charge on any atom is 0.191 e. The van der Waals surface area contributed by atoms with Crippen LogP contribution in [0, 0.1) is 5.92 Å². The van der Waals surface area contributed by atoms with Crippen molar-refractivity contribution in [3.8, 4) is 0 Å². The molecule has 0 aromatic carbocycles. The van der Waals surface area contributed by atoms with Crippen LogP contribution in [0.3, 0.4) is 0 Å². The predicted molar refractivity (Wildman–Crippen MR) is 72.3 cm³/mol. The standard InChI is InChI=1S/C13H15FN6O/c1-3-8-7(2)9(14)13(21-8)20-5-15-10-11(20)16-4-19-6-17-18-12(10)19/h4-9,13H,3H2,1-2H3/t7-,8-,9-,13-/m1/s1. The molecule has 1 fully saturated rings. The van der Waals surface area contributed by atoms with Crippen molar-refractivity contribution in [3.63, 3.8) is 0 Å². The summed E-state index contributed by atoms with van der Waals surface area (Å²) in [5, 5.41) is 7.84. The van der Waals surface area contributed by atoms with Gasteiger partial charge in [-0.25, -0.2) is 14.4 Å². The van der Waals surface area contributed by atoms with Gasteiger partial charge >= 0.3 is 0 Å². The van der Waals surface area contributed by atoms with E-state index in [1.165, 1.54) is 0 Å². The number of alkyl halides is 1. The summed E-state index contributed by atoms with van der Waals surface area (Å²) in [6, 6.07) is 0. The van der Waals surface area contributed by atoms with Crippen molar-refractivity contribution in [1.29, 1.82) is 0 Å². The Kier molecular flexibility index (Phi) is 2.68. The van der Waals surface area contributed by atoms with Crippen molar-refractivity contribution in [2.75, 3.05) is 0 Å². The molecule has 1 aliphatic heterocycles. The smallest absolute Gasteiger partial charge is 0.191 e. The highest BCUT2D eigenvalue weighted by molar-refractivity contribution is 5.84. The zero-order chi connectivity index (χ0) is 14.6. The van der Waals surface area contributed by atoms with Gasteiger partial charge in [0.25, 0.3) is 0 Å². The monoisotopic (exact) mass is 290 g/mol. The van der Waals surface area contributed by atoms with E-state index in [4.69, 9.17) is 4.74 Å². The third kappa shape index (κ3) is 1.68. The maximum absolute atomic E-state index is 14.5. The van der Waals surface area contributed by atoms with Crippen molar-refractivity contribution in [2.24, 2.45) is 5.92 Å². The zero-order valence-corrected chi connectivity index (χ0v) is 11.7. The molecule has 0 spiro atoms. The predicted octanol–water partition coefficient (Wildman–Crippen LogP) is 1.76. The lowest BCUT2D eigenvalue weighted by molar-refractivity contribution is -0.0186. The number of imidazole rings is 1. The zero-order valence-electron chi connectivity index (χ0n) is 11.7.